The van der Waals surface area contributed by atoms with E-state index in [-0.39, 0.29) is 17.5 Å². The van der Waals surface area contributed by atoms with Crippen LogP contribution in [0.3, 0.4) is 0 Å². The van der Waals surface area contributed by atoms with Crippen molar-refractivity contribution in [1.29, 1.82) is 5.26 Å². The van der Waals surface area contributed by atoms with Gasteiger partial charge in [0.05, 0.1) is 6.07 Å². The number of nitrogens with zero attached hydrogens (tertiary/aromatic N) is 2. The number of oxazole rings is 1. The van der Waals surface area contributed by atoms with Crippen LogP contribution in [0.2, 0.25) is 0 Å². The molecule has 0 saturated carbocycles. The fourth-order valence-corrected chi connectivity index (χ4v) is 2.33. The smallest absolute Gasteiger partial charge is 0.274 e. The lowest BCUT2D eigenvalue weighted by atomic mass is 9.94. The van der Waals surface area contributed by atoms with Gasteiger partial charge in [-0.3, -0.25) is 4.79 Å². The lowest BCUT2D eigenvalue weighted by Crippen LogP contribution is -2.45. The molecule has 1 N–H and O–H groups in total. The van der Waals surface area contributed by atoms with Gasteiger partial charge >= 0.3 is 0 Å². The minimum atomic E-state index is -0.958. The first-order valence-corrected chi connectivity index (χ1v) is 7.66. The van der Waals surface area contributed by atoms with E-state index >= 15 is 0 Å². The molecule has 0 saturated heterocycles. The molecule has 1 aromatic heterocycles. The summed E-state index contributed by atoms with van der Waals surface area (Å²) in [4.78, 5) is 16.4. The molecule has 1 aromatic carbocycles. The van der Waals surface area contributed by atoms with Gasteiger partial charge < -0.3 is 9.73 Å². The van der Waals surface area contributed by atoms with Crippen molar-refractivity contribution >= 4 is 5.91 Å². The van der Waals surface area contributed by atoms with Crippen molar-refractivity contribution in [3.05, 3.63) is 53.7 Å². The topological polar surface area (TPSA) is 78.9 Å². The molecule has 0 radical (unpaired) electrons. The highest BCUT2D eigenvalue weighted by Gasteiger charge is 2.29. The number of hydrogen-bond acceptors (Lipinski definition) is 4. The first kappa shape index (κ1) is 16.8. The third kappa shape index (κ3) is 4.19. The maximum Gasteiger partial charge on any atom is 0.274 e. The van der Waals surface area contributed by atoms with Gasteiger partial charge in [0.1, 0.15) is 11.3 Å². The third-order valence-corrected chi connectivity index (χ3v) is 3.73. The van der Waals surface area contributed by atoms with E-state index in [2.05, 4.69) is 16.4 Å². The average Bonchev–Trinajstić information content (AvgIpc) is 3.04. The molecule has 0 aliphatic carbocycles. The van der Waals surface area contributed by atoms with E-state index in [1.54, 1.807) is 6.92 Å². The summed E-state index contributed by atoms with van der Waals surface area (Å²) in [6, 6.07) is 12.1. The van der Waals surface area contributed by atoms with E-state index in [0.29, 0.717) is 18.6 Å². The zero-order valence-electron chi connectivity index (χ0n) is 13.7. The van der Waals surface area contributed by atoms with Gasteiger partial charge in [0.25, 0.3) is 5.91 Å². The Balaban J connectivity index is 2.07. The minimum Gasteiger partial charge on any atom is -0.447 e. The SMILES string of the molecule is CC(C)c1ocnc1C(=O)NC(C)(C#N)CCc1ccccc1. The van der Waals surface area contributed by atoms with Crippen molar-refractivity contribution in [1.82, 2.24) is 10.3 Å². The quantitative estimate of drug-likeness (QED) is 0.886. The number of carbonyl (C=O) groups excluding carboxylic acids is 1. The van der Waals surface area contributed by atoms with Crippen molar-refractivity contribution in [2.45, 2.75) is 45.1 Å². The monoisotopic (exact) mass is 311 g/mol. The van der Waals surface area contributed by atoms with Crippen LogP contribution in [0.5, 0.6) is 0 Å². The van der Waals surface area contributed by atoms with Gasteiger partial charge in [-0.05, 0) is 25.3 Å². The predicted octanol–water partition coefficient (Wildman–Crippen LogP) is 3.44. The Labute approximate surface area is 136 Å². The van der Waals surface area contributed by atoms with Crippen LogP contribution < -0.4 is 5.32 Å². The molecule has 2 rings (SSSR count). The highest BCUT2D eigenvalue weighted by atomic mass is 16.3. The number of hydrogen-bond donors (Lipinski definition) is 1. The second kappa shape index (κ2) is 7.10. The van der Waals surface area contributed by atoms with E-state index in [4.69, 9.17) is 4.42 Å². The molecule has 1 amide bonds. The highest BCUT2D eigenvalue weighted by molar-refractivity contribution is 5.94. The van der Waals surface area contributed by atoms with E-state index in [1.807, 2.05) is 44.2 Å². The number of amides is 1. The molecule has 0 bridgehead atoms. The van der Waals surface area contributed by atoms with Gasteiger partial charge in [0, 0.05) is 5.92 Å². The molecular formula is C18H21N3O2. The Morgan fingerprint density at radius 3 is 2.70 bits per heavy atom. The van der Waals surface area contributed by atoms with Gasteiger partial charge in [0.15, 0.2) is 12.1 Å². The summed E-state index contributed by atoms with van der Waals surface area (Å²) in [6.07, 6.45) is 2.49. The maximum absolute atomic E-state index is 12.4. The van der Waals surface area contributed by atoms with Crippen molar-refractivity contribution in [2.75, 3.05) is 0 Å². The standard InChI is InChI=1S/C18H21N3O2/c1-13(2)16-15(20-12-23-16)17(22)21-18(3,11-19)10-9-14-7-5-4-6-8-14/h4-8,12-13H,9-10H2,1-3H3,(H,21,22). The Morgan fingerprint density at radius 2 is 2.09 bits per heavy atom. The van der Waals surface area contributed by atoms with E-state index in [9.17, 15) is 10.1 Å². The van der Waals surface area contributed by atoms with Crippen LogP contribution in [0.25, 0.3) is 0 Å². The van der Waals surface area contributed by atoms with Gasteiger partial charge in [-0.2, -0.15) is 5.26 Å². The number of aryl methyl sites for hydroxylation is 1. The van der Waals surface area contributed by atoms with Gasteiger partial charge in [-0.1, -0.05) is 44.2 Å². The average molecular weight is 311 g/mol. The molecule has 120 valence electrons. The van der Waals surface area contributed by atoms with Crippen LogP contribution in [0.15, 0.2) is 41.1 Å². The van der Waals surface area contributed by atoms with Crippen molar-refractivity contribution in [3.8, 4) is 6.07 Å². The molecule has 1 unspecified atom stereocenters. The Kier molecular flexibility index (Phi) is 5.17. The van der Waals surface area contributed by atoms with E-state index < -0.39 is 5.54 Å². The summed E-state index contributed by atoms with van der Waals surface area (Å²) in [5, 5.41) is 12.3. The van der Waals surface area contributed by atoms with Crippen LogP contribution in [-0.4, -0.2) is 16.4 Å². The van der Waals surface area contributed by atoms with Crippen molar-refractivity contribution in [2.24, 2.45) is 0 Å². The molecule has 0 aliphatic heterocycles. The Bertz CT molecular complexity index is 701. The zero-order chi connectivity index (χ0) is 16.9. The second-order valence-corrected chi connectivity index (χ2v) is 6.10. The molecule has 2 aromatic rings. The summed E-state index contributed by atoms with van der Waals surface area (Å²) in [6.45, 7) is 5.58. The summed E-state index contributed by atoms with van der Waals surface area (Å²) < 4.78 is 5.27. The first-order chi connectivity index (χ1) is 10.9. The molecule has 1 atom stereocenters. The van der Waals surface area contributed by atoms with E-state index in [1.165, 1.54) is 6.39 Å². The number of benzene rings is 1. The number of rotatable bonds is 6. The molecular weight excluding hydrogens is 290 g/mol. The fraction of sp³-hybridized carbons (Fsp3) is 0.389. The maximum atomic E-state index is 12.4. The van der Waals surface area contributed by atoms with Gasteiger partial charge in [0.2, 0.25) is 0 Å². The normalized spacial score (nSPS) is 13.3. The van der Waals surface area contributed by atoms with Crippen LogP contribution >= 0.6 is 0 Å². The minimum absolute atomic E-state index is 0.0518. The summed E-state index contributed by atoms with van der Waals surface area (Å²) in [5.41, 5.74) is 0.425. The summed E-state index contributed by atoms with van der Waals surface area (Å²) in [5.74, 6) is 0.210. The summed E-state index contributed by atoms with van der Waals surface area (Å²) in [7, 11) is 0. The number of nitriles is 1. The summed E-state index contributed by atoms with van der Waals surface area (Å²) >= 11 is 0. The third-order valence-electron chi connectivity index (χ3n) is 3.73. The molecule has 0 aliphatic rings. The zero-order valence-corrected chi connectivity index (χ0v) is 13.7. The van der Waals surface area contributed by atoms with Crippen LogP contribution in [0, 0.1) is 11.3 Å². The number of carbonyl (C=O) groups is 1. The molecule has 5 heteroatoms. The van der Waals surface area contributed by atoms with Gasteiger partial charge in [-0.25, -0.2) is 4.98 Å². The van der Waals surface area contributed by atoms with Crippen LogP contribution in [0.1, 0.15) is 54.9 Å². The lowest BCUT2D eigenvalue weighted by molar-refractivity contribution is 0.0914. The second-order valence-electron chi connectivity index (χ2n) is 6.10. The van der Waals surface area contributed by atoms with Crippen molar-refractivity contribution in [3.63, 3.8) is 0 Å². The van der Waals surface area contributed by atoms with Crippen LogP contribution in [-0.2, 0) is 6.42 Å². The molecule has 0 fully saturated rings. The fourth-order valence-electron chi connectivity index (χ4n) is 2.33. The molecule has 5 nitrogen and oxygen atoms in total. The van der Waals surface area contributed by atoms with E-state index in [0.717, 1.165) is 5.56 Å². The van der Waals surface area contributed by atoms with Gasteiger partial charge in [-0.15, -0.1) is 0 Å². The molecule has 0 spiro atoms. The van der Waals surface area contributed by atoms with Crippen molar-refractivity contribution < 1.29 is 9.21 Å². The first-order valence-electron chi connectivity index (χ1n) is 7.66. The van der Waals surface area contributed by atoms with Crippen LogP contribution in [0.4, 0.5) is 0 Å². The molecule has 1 heterocycles. The predicted molar refractivity (Wildman–Crippen MR) is 86.8 cm³/mol. The highest BCUT2D eigenvalue weighted by Crippen LogP contribution is 2.20. The number of nitrogens with one attached hydrogen (secondary N) is 1. The Morgan fingerprint density at radius 1 is 1.39 bits per heavy atom. The largest absolute Gasteiger partial charge is 0.447 e. The lowest BCUT2D eigenvalue weighted by Gasteiger charge is -2.23. The Hall–Kier alpha value is -2.61. The number of aromatic nitrogens is 1. The molecule has 23 heavy (non-hydrogen) atoms.